The van der Waals surface area contributed by atoms with Crippen LogP contribution >= 0.6 is 0 Å². The molecule has 20 heavy (non-hydrogen) atoms. The van der Waals surface area contributed by atoms with Crippen molar-refractivity contribution in [3.63, 3.8) is 0 Å². The Morgan fingerprint density at radius 1 is 1.40 bits per heavy atom. The molecule has 0 aliphatic carbocycles. The normalized spacial score (nSPS) is 16.5. The van der Waals surface area contributed by atoms with Gasteiger partial charge in [-0.05, 0) is 31.0 Å². The number of ether oxygens (including phenoxy) is 1. The van der Waals surface area contributed by atoms with Crippen molar-refractivity contribution in [1.82, 2.24) is 4.90 Å². The van der Waals surface area contributed by atoms with Gasteiger partial charge in [-0.15, -0.1) is 0 Å². The third-order valence-corrected chi connectivity index (χ3v) is 8.48. The van der Waals surface area contributed by atoms with Crippen molar-refractivity contribution in [2.75, 3.05) is 13.7 Å². The molecule has 1 aliphatic rings. The summed E-state index contributed by atoms with van der Waals surface area (Å²) in [4.78, 5) is 13.2. The van der Waals surface area contributed by atoms with Crippen molar-refractivity contribution in [3.8, 4) is 0 Å². The van der Waals surface area contributed by atoms with Crippen LogP contribution in [-0.4, -0.2) is 33.0 Å². The van der Waals surface area contributed by atoms with E-state index in [-0.39, 0.29) is 11.1 Å². The second kappa shape index (κ2) is 6.04. The van der Waals surface area contributed by atoms with E-state index in [4.69, 9.17) is 9.16 Å². The van der Waals surface area contributed by atoms with Crippen LogP contribution in [0.2, 0.25) is 18.1 Å². The van der Waals surface area contributed by atoms with Gasteiger partial charge in [0.1, 0.15) is 5.76 Å². The molecule has 1 amide bonds. The Kier molecular flexibility index (Phi) is 5.08. The summed E-state index contributed by atoms with van der Waals surface area (Å²) >= 11 is 0. The van der Waals surface area contributed by atoms with E-state index in [1.807, 2.05) is 6.20 Å². The molecule has 1 heterocycles. The minimum Gasteiger partial charge on any atom is -0.544 e. The predicted octanol–water partition coefficient (Wildman–Crippen LogP) is 4.27. The molecule has 0 aromatic carbocycles. The highest BCUT2D eigenvalue weighted by atomic mass is 28.4. The summed E-state index contributed by atoms with van der Waals surface area (Å²) in [6.45, 7) is 15.7. The fourth-order valence-corrected chi connectivity index (χ4v) is 2.81. The molecule has 0 spiro atoms. The molecular weight excluding hydrogens is 270 g/mol. The first-order valence-corrected chi connectivity index (χ1v) is 9.93. The van der Waals surface area contributed by atoms with Crippen LogP contribution in [0.4, 0.5) is 4.79 Å². The van der Waals surface area contributed by atoms with Crippen LogP contribution in [0.15, 0.2) is 24.1 Å². The third-order valence-electron chi connectivity index (χ3n) is 4.11. The molecular formula is C15H27NO3Si. The molecule has 0 N–H and O–H groups in total. The van der Waals surface area contributed by atoms with E-state index in [1.54, 1.807) is 4.90 Å². The summed E-state index contributed by atoms with van der Waals surface area (Å²) in [6.07, 6.45) is 3.27. The summed E-state index contributed by atoms with van der Waals surface area (Å²) in [6, 6.07) is 0. The number of hydrogen-bond acceptors (Lipinski definition) is 3. The first-order chi connectivity index (χ1) is 9.08. The van der Waals surface area contributed by atoms with E-state index >= 15 is 0 Å². The molecule has 0 fully saturated rings. The maximum Gasteiger partial charge on any atom is 0.413 e. The smallest absolute Gasteiger partial charge is 0.413 e. The summed E-state index contributed by atoms with van der Waals surface area (Å²) in [7, 11) is -0.490. The molecule has 1 rings (SSSR count). The maximum absolute atomic E-state index is 11.6. The van der Waals surface area contributed by atoms with Crippen molar-refractivity contribution in [2.45, 2.75) is 51.7 Å². The number of methoxy groups -OCH3 is 1. The molecule has 0 unspecified atom stereocenters. The lowest BCUT2D eigenvalue weighted by atomic mass is 10.1. The van der Waals surface area contributed by atoms with Gasteiger partial charge < -0.3 is 9.16 Å². The lowest BCUT2D eigenvalue weighted by Crippen LogP contribution is -2.40. The van der Waals surface area contributed by atoms with Crippen LogP contribution < -0.4 is 0 Å². The Hall–Kier alpha value is -1.23. The lowest BCUT2D eigenvalue weighted by Gasteiger charge is -2.38. The average molecular weight is 297 g/mol. The van der Waals surface area contributed by atoms with Crippen molar-refractivity contribution in [3.05, 3.63) is 24.1 Å². The molecule has 5 heteroatoms. The Morgan fingerprint density at radius 2 is 2.00 bits per heavy atom. The zero-order valence-corrected chi connectivity index (χ0v) is 14.6. The highest BCUT2D eigenvalue weighted by Gasteiger charge is 2.39. The highest BCUT2D eigenvalue weighted by molar-refractivity contribution is 6.74. The summed E-state index contributed by atoms with van der Waals surface area (Å²) in [5.41, 5.74) is 0.992. The molecule has 0 radical (unpaired) electrons. The average Bonchev–Trinajstić information content (AvgIpc) is 2.36. The second-order valence-electron chi connectivity index (χ2n) is 6.71. The monoisotopic (exact) mass is 297 g/mol. The van der Waals surface area contributed by atoms with Crippen molar-refractivity contribution < 1.29 is 14.0 Å². The van der Waals surface area contributed by atoms with Crippen LogP contribution in [0.1, 0.15) is 33.6 Å². The van der Waals surface area contributed by atoms with Gasteiger partial charge in [0.15, 0.2) is 0 Å². The molecule has 0 atom stereocenters. The molecule has 0 saturated carbocycles. The first-order valence-electron chi connectivity index (χ1n) is 7.02. The minimum atomic E-state index is -1.88. The van der Waals surface area contributed by atoms with E-state index in [0.29, 0.717) is 12.3 Å². The largest absolute Gasteiger partial charge is 0.544 e. The number of nitrogens with zero attached hydrogens (tertiary/aromatic N) is 1. The number of hydrogen-bond donors (Lipinski definition) is 0. The number of amides is 1. The van der Waals surface area contributed by atoms with Crippen LogP contribution in [0.25, 0.3) is 0 Å². The summed E-state index contributed by atoms with van der Waals surface area (Å²) in [5.74, 6) is 0.699. The van der Waals surface area contributed by atoms with Gasteiger partial charge in [0.25, 0.3) is 0 Å². The van der Waals surface area contributed by atoms with Crippen LogP contribution in [0.5, 0.6) is 0 Å². The van der Waals surface area contributed by atoms with Gasteiger partial charge in [-0.25, -0.2) is 4.79 Å². The van der Waals surface area contributed by atoms with E-state index in [2.05, 4.69) is 40.4 Å². The zero-order chi connectivity index (χ0) is 15.6. The third kappa shape index (κ3) is 3.88. The molecule has 4 nitrogen and oxygen atoms in total. The molecule has 0 saturated heterocycles. The van der Waals surface area contributed by atoms with Crippen molar-refractivity contribution in [1.29, 1.82) is 0 Å². The number of carbonyl (C=O) groups is 1. The quantitative estimate of drug-likeness (QED) is 0.577. The van der Waals surface area contributed by atoms with Crippen LogP contribution in [0, 0.1) is 0 Å². The Labute approximate surface area is 123 Å². The lowest BCUT2D eigenvalue weighted by molar-refractivity contribution is 0.137. The fourth-order valence-electron chi connectivity index (χ4n) is 1.76. The van der Waals surface area contributed by atoms with Gasteiger partial charge >= 0.3 is 6.09 Å². The first kappa shape index (κ1) is 16.8. The van der Waals surface area contributed by atoms with E-state index in [1.165, 1.54) is 7.11 Å². The van der Waals surface area contributed by atoms with E-state index < -0.39 is 8.32 Å². The minimum absolute atomic E-state index is 0.132. The molecule has 0 aromatic rings. The fraction of sp³-hybridized carbons (Fsp3) is 0.667. The second-order valence-corrected chi connectivity index (χ2v) is 11.4. The van der Waals surface area contributed by atoms with Crippen LogP contribution in [-0.2, 0) is 9.16 Å². The number of allylic oxidation sites excluding steroid dienone is 1. The molecule has 1 aliphatic heterocycles. The van der Waals surface area contributed by atoms with Crippen molar-refractivity contribution in [2.24, 2.45) is 0 Å². The molecule has 0 aromatic heterocycles. The Bertz CT molecular complexity index is 421. The Morgan fingerprint density at radius 3 is 2.50 bits per heavy atom. The van der Waals surface area contributed by atoms with E-state index in [9.17, 15) is 4.79 Å². The number of carbonyl (C=O) groups excluding carboxylic acids is 1. The standard InChI is InChI=1S/C15H27NO3Si/c1-12(19-20(6,7)15(2,3)4)13-9-8-10-16(11-13)14(17)18-5/h11H,1,8-10H2,2-7H3. The zero-order valence-electron chi connectivity index (χ0n) is 13.6. The Balaban J connectivity index is 2.82. The highest BCUT2D eigenvalue weighted by Crippen LogP contribution is 2.39. The van der Waals surface area contributed by atoms with E-state index in [0.717, 1.165) is 18.4 Å². The topological polar surface area (TPSA) is 38.8 Å². The number of rotatable bonds is 3. The molecule has 114 valence electrons. The van der Waals surface area contributed by atoms with Gasteiger partial charge in [0.05, 0.1) is 7.11 Å². The van der Waals surface area contributed by atoms with Gasteiger partial charge in [0, 0.05) is 18.3 Å². The van der Waals surface area contributed by atoms with Gasteiger partial charge in [-0.1, -0.05) is 27.4 Å². The van der Waals surface area contributed by atoms with Crippen molar-refractivity contribution >= 4 is 14.4 Å². The maximum atomic E-state index is 11.6. The summed E-state index contributed by atoms with van der Waals surface area (Å²) in [5, 5.41) is 0.132. The van der Waals surface area contributed by atoms with Gasteiger partial charge in [0.2, 0.25) is 8.32 Å². The van der Waals surface area contributed by atoms with Gasteiger partial charge in [-0.3, -0.25) is 4.90 Å². The predicted molar refractivity (Wildman–Crippen MR) is 83.9 cm³/mol. The van der Waals surface area contributed by atoms with Gasteiger partial charge in [-0.2, -0.15) is 0 Å². The summed E-state index contributed by atoms with van der Waals surface area (Å²) < 4.78 is 11.0. The SMILES string of the molecule is C=C(O[Si](C)(C)C(C)(C)C)C1=CN(C(=O)OC)CCC1. The van der Waals surface area contributed by atoms with Crippen LogP contribution in [0.3, 0.4) is 0 Å². The molecule has 0 bridgehead atoms.